The first kappa shape index (κ1) is 10.7. The lowest BCUT2D eigenvalue weighted by atomic mass is 10.7. The Morgan fingerprint density at radius 1 is 0.824 bits per heavy atom. The lowest BCUT2D eigenvalue weighted by Crippen LogP contribution is -2.40. The molecule has 0 amide bonds. The molecular weight excluding hydrogens is 232 g/mol. The Morgan fingerprint density at radius 3 is 1.59 bits per heavy atom. The zero-order chi connectivity index (χ0) is 12.4. The van der Waals surface area contributed by atoms with E-state index in [0.717, 1.165) is 24.5 Å². The number of rotatable bonds is 2. The molecule has 2 rings (SSSR count). The van der Waals surface area contributed by atoms with Gasteiger partial charge in [0.05, 0.1) is 12.4 Å². The maximum absolute atomic E-state index is 11.2. The average Bonchev–Trinajstić information content (AvgIpc) is 2.25. The fourth-order valence-corrected chi connectivity index (χ4v) is 1.03. The van der Waals surface area contributed by atoms with Crippen LogP contribution < -0.4 is 27.4 Å². The van der Waals surface area contributed by atoms with Gasteiger partial charge in [0.15, 0.2) is 0 Å². The van der Waals surface area contributed by atoms with Gasteiger partial charge >= 0.3 is 11.4 Å². The normalized spacial score (nSPS) is 10.1. The monoisotopic (exact) mass is 238 g/mol. The zero-order valence-corrected chi connectivity index (χ0v) is 8.25. The van der Waals surface area contributed by atoms with Gasteiger partial charge in [0.2, 0.25) is 0 Å². The van der Waals surface area contributed by atoms with Gasteiger partial charge in [-0.25, -0.2) is 9.59 Å². The molecule has 17 heavy (non-hydrogen) atoms. The van der Waals surface area contributed by atoms with Crippen LogP contribution in [0.2, 0.25) is 0 Å². The summed E-state index contributed by atoms with van der Waals surface area (Å²) in [5, 5.41) is 0. The van der Waals surface area contributed by atoms with E-state index in [1.807, 2.05) is 9.97 Å². The molecule has 0 aromatic carbocycles. The van der Waals surface area contributed by atoms with Crippen LogP contribution in [-0.4, -0.2) is 19.4 Å². The van der Waals surface area contributed by atoms with Crippen LogP contribution in [0.15, 0.2) is 43.7 Å². The summed E-state index contributed by atoms with van der Waals surface area (Å²) in [7, 11) is 0. The Labute approximate surface area is 91.5 Å². The van der Waals surface area contributed by atoms with Crippen molar-refractivity contribution in [1.82, 2.24) is 19.4 Å². The van der Waals surface area contributed by atoms with Crippen LogP contribution in [0.4, 0.5) is 0 Å². The van der Waals surface area contributed by atoms with Crippen LogP contribution >= 0.6 is 0 Å². The summed E-state index contributed by atoms with van der Waals surface area (Å²) in [5.41, 5.74) is -2.89. The molecule has 2 aromatic rings. The van der Waals surface area contributed by atoms with Crippen molar-refractivity contribution in [3.8, 4) is 0 Å². The van der Waals surface area contributed by atoms with E-state index in [2.05, 4.69) is 0 Å². The van der Waals surface area contributed by atoms with Crippen molar-refractivity contribution < 1.29 is 4.94 Å². The molecule has 0 bridgehead atoms. The summed E-state index contributed by atoms with van der Waals surface area (Å²) >= 11 is 0. The van der Waals surface area contributed by atoms with Gasteiger partial charge in [-0.15, -0.1) is 9.46 Å². The van der Waals surface area contributed by atoms with Crippen molar-refractivity contribution in [2.45, 2.75) is 0 Å². The number of hydrogen-bond acceptors (Lipinski definition) is 5. The number of hydrogen-bond donors (Lipinski definition) is 2. The van der Waals surface area contributed by atoms with Crippen LogP contribution in [0.3, 0.4) is 0 Å². The van der Waals surface area contributed by atoms with Gasteiger partial charge < -0.3 is 0 Å². The molecule has 0 atom stereocenters. The Morgan fingerprint density at radius 2 is 1.24 bits per heavy atom. The minimum absolute atomic E-state index is 0.594. The van der Waals surface area contributed by atoms with Crippen LogP contribution in [0, 0.1) is 0 Å². The van der Waals surface area contributed by atoms with Crippen LogP contribution in [0.1, 0.15) is 0 Å². The third-order valence-electron chi connectivity index (χ3n) is 1.76. The SMILES string of the molecule is O=c1ccn(On2ccc(=O)[nH]c2=O)c(=O)[nH]1. The summed E-state index contributed by atoms with van der Waals surface area (Å²) in [5.74, 6) is 0. The molecule has 0 unspecified atom stereocenters. The minimum atomic E-state index is -0.851. The molecule has 0 radical (unpaired) electrons. The summed E-state index contributed by atoms with van der Waals surface area (Å²) in [6, 6.07) is 2.08. The summed E-state index contributed by atoms with van der Waals surface area (Å²) in [6.07, 6.45) is 2.08. The van der Waals surface area contributed by atoms with E-state index in [4.69, 9.17) is 4.94 Å². The molecule has 9 heteroatoms. The molecule has 0 aliphatic heterocycles. The number of H-pyrrole nitrogens is 2. The molecule has 0 aliphatic carbocycles. The van der Waals surface area contributed by atoms with E-state index in [1.54, 1.807) is 0 Å². The first-order valence-corrected chi connectivity index (χ1v) is 4.39. The predicted molar refractivity (Wildman–Crippen MR) is 54.6 cm³/mol. The van der Waals surface area contributed by atoms with E-state index in [-0.39, 0.29) is 0 Å². The fourth-order valence-electron chi connectivity index (χ4n) is 1.03. The predicted octanol–water partition coefficient (Wildman–Crippen LogP) is -2.72. The van der Waals surface area contributed by atoms with Gasteiger partial charge in [0.1, 0.15) is 0 Å². The van der Waals surface area contributed by atoms with Crippen molar-refractivity contribution in [2.75, 3.05) is 0 Å². The summed E-state index contributed by atoms with van der Waals surface area (Å²) < 4.78 is 1.25. The van der Waals surface area contributed by atoms with Crippen molar-refractivity contribution in [1.29, 1.82) is 0 Å². The Balaban J connectivity index is 2.45. The fraction of sp³-hybridized carbons (Fsp3) is 0. The Hall–Kier alpha value is -2.84. The minimum Gasteiger partial charge on any atom is -0.274 e. The smallest absolute Gasteiger partial charge is 0.274 e. The van der Waals surface area contributed by atoms with E-state index in [9.17, 15) is 19.2 Å². The van der Waals surface area contributed by atoms with Gasteiger partial charge in [-0.3, -0.25) is 24.5 Å². The first-order chi connectivity index (χ1) is 8.06. The highest BCUT2D eigenvalue weighted by molar-refractivity contribution is 4.82. The quantitative estimate of drug-likeness (QED) is 0.589. The van der Waals surface area contributed by atoms with Gasteiger partial charge in [-0.1, -0.05) is 0 Å². The molecule has 0 fully saturated rings. The lowest BCUT2D eigenvalue weighted by molar-refractivity contribution is 0.0161. The highest BCUT2D eigenvalue weighted by atomic mass is 16.8. The van der Waals surface area contributed by atoms with Gasteiger partial charge in [-0.2, -0.15) is 0 Å². The second-order valence-electron chi connectivity index (χ2n) is 2.95. The lowest BCUT2D eigenvalue weighted by Gasteiger charge is -2.06. The summed E-state index contributed by atoms with van der Waals surface area (Å²) in [4.78, 5) is 52.6. The number of nitrogens with one attached hydrogen (secondary N) is 2. The second-order valence-corrected chi connectivity index (χ2v) is 2.95. The van der Waals surface area contributed by atoms with Crippen LogP contribution in [-0.2, 0) is 0 Å². The molecule has 0 saturated heterocycles. The molecule has 2 heterocycles. The first-order valence-electron chi connectivity index (χ1n) is 4.39. The maximum atomic E-state index is 11.2. The van der Waals surface area contributed by atoms with Crippen LogP contribution in [0.25, 0.3) is 0 Å². The van der Waals surface area contributed by atoms with Crippen molar-refractivity contribution in [3.63, 3.8) is 0 Å². The Bertz CT molecular complexity index is 699. The van der Waals surface area contributed by atoms with Gasteiger partial charge in [0.25, 0.3) is 11.1 Å². The van der Waals surface area contributed by atoms with Crippen molar-refractivity contribution >= 4 is 0 Å². The molecule has 2 N–H and O–H groups in total. The van der Waals surface area contributed by atoms with E-state index < -0.39 is 22.5 Å². The second kappa shape index (κ2) is 3.96. The molecule has 88 valence electrons. The Kier molecular flexibility index (Phi) is 2.49. The largest absolute Gasteiger partial charge is 0.363 e. The van der Waals surface area contributed by atoms with Crippen molar-refractivity contribution in [3.05, 3.63) is 66.2 Å². The standard InChI is InChI=1S/C8H6N4O5/c13-5-1-3-11(7(15)9-5)17-12-4-2-6(14)10-8(12)16/h1-4H,(H,9,13,15)(H,10,14,16). The van der Waals surface area contributed by atoms with Gasteiger partial charge in [-0.05, 0) is 0 Å². The molecule has 0 spiro atoms. The number of aromatic amines is 2. The molecule has 2 aromatic heterocycles. The van der Waals surface area contributed by atoms with E-state index in [0.29, 0.717) is 9.46 Å². The van der Waals surface area contributed by atoms with Crippen molar-refractivity contribution in [2.24, 2.45) is 0 Å². The highest BCUT2D eigenvalue weighted by Crippen LogP contribution is 1.73. The number of nitrogens with zero attached hydrogens (tertiary/aromatic N) is 2. The van der Waals surface area contributed by atoms with Crippen LogP contribution in [0.5, 0.6) is 0 Å². The third kappa shape index (κ3) is 2.22. The highest BCUT2D eigenvalue weighted by Gasteiger charge is 2.01. The van der Waals surface area contributed by atoms with E-state index >= 15 is 0 Å². The third-order valence-corrected chi connectivity index (χ3v) is 1.76. The zero-order valence-electron chi connectivity index (χ0n) is 8.25. The average molecular weight is 238 g/mol. The van der Waals surface area contributed by atoms with Gasteiger partial charge in [0, 0.05) is 12.1 Å². The topological polar surface area (TPSA) is 119 Å². The maximum Gasteiger partial charge on any atom is 0.363 e. The molecule has 0 aliphatic rings. The number of aromatic nitrogens is 4. The summed E-state index contributed by atoms with van der Waals surface area (Å²) in [6.45, 7) is 0. The molecular formula is C8H6N4O5. The molecule has 9 nitrogen and oxygen atoms in total. The molecule has 0 saturated carbocycles. The van der Waals surface area contributed by atoms with E-state index in [1.165, 1.54) is 0 Å².